The largest absolute Gasteiger partial charge is 0.378 e. The van der Waals surface area contributed by atoms with Gasteiger partial charge in [-0.1, -0.05) is 0 Å². The van der Waals surface area contributed by atoms with Crippen LogP contribution in [0.2, 0.25) is 0 Å². The first-order chi connectivity index (χ1) is 6.88. The molecule has 0 bridgehead atoms. The van der Waals surface area contributed by atoms with Crippen molar-refractivity contribution in [3.8, 4) is 0 Å². The van der Waals surface area contributed by atoms with Crippen LogP contribution >= 0.6 is 11.8 Å². The van der Waals surface area contributed by atoms with Crippen molar-refractivity contribution in [3.05, 3.63) is 0 Å². The van der Waals surface area contributed by atoms with Crippen LogP contribution in [0.3, 0.4) is 0 Å². The first-order valence-corrected chi connectivity index (χ1v) is 6.47. The van der Waals surface area contributed by atoms with Gasteiger partial charge in [-0.05, 0) is 24.3 Å². The Labute approximate surface area is 89.2 Å². The van der Waals surface area contributed by atoms with E-state index in [-0.39, 0.29) is 0 Å². The molecule has 1 amide bonds. The van der Waals surface area contributed by atoms with Gasteiger partial charge in [0.25, 0.3) is 0 Å². The second kappa shape index (κ2) is 5.03. The highest BCUT2D eigenvalue weighted by molar-refractivity contribution is 7.99. The van der Waals surface area contributed by atoms with Gasteiger partial charge in [0.05, 0.1) is 13.2 Å². The number of rotatable bonds is 1. The highest BCUT2D eigenvalue weighted by Crippen LogP contribution is 2.24. The van der Waals surface area contributed by atoms with Crippen molar-refractivity contribution in [2.45, 2.75) is 12.8 Å². The van der Waals surface area contributed by atoms with Crippen LogP contribution < -0.4 is 0 Å². The summed E-state index contributed by atoms with van der Waals surface area (Å²) in [4.78, 5) is 14.0. The fourth-order valence-electron chi connectivity index (χ4n) is 1.99. The normalized spacial score (nSPS) is 25.0. The molecule has 0 aliphatic carbocycles. The zero-order valence-corrected chi connectivity index (χ0v) is 9.22. The zero-order chi connectivity index (χ0) is 9.80. The molecule has 2 aliphatic rings. The summed E-state index contributed by atoms with van der Waals surface area (Å²) in [7, 11) is 0. The molecule has 0 N–H and O–H groups in total. The van der Waals surface area contributed by atoms with Crippen molar-refractivity contribution in [1.82, 2.24) is 4.90 Å². The molecule has 2 saturated heterocycles. The summed E-state index contributed by atoms with van der Waals surface area (Å²) in [5, 5.41) is 0. The number of amides is 1. The van der Waals surface area contributed by atoms with Gasteiger partial charge in [-0.2, -0.15) is 11.8 Å². The number of hydrogen-bond acceptors (Lipinski definition) is 3. The molecule has 0 aromatic carbocycles. The van der Waals surface area contributed by atoms with E-state index in [1.807, 2.05) is 16.7 Å². The molecule has 3 nitrogen and oxygen atoms in total. The Morgan fingerprint density at radius 2 is 1.86 bits per heavy atom. The summed E-state index contributed by atoms with van der Waals surface area (Å²) in [6, 6.07) is 0. The molecule has 0 saturated carbocycles. The molecule has 0 aromatic heterocycles. The van der Waals surface area contributed by atoms with E-state index in [4.69, 9.17) is 4.74 Å². The standard InChI is InChI=1S/C10H17NO2S/c12-10(9-1-7-14-8-2-9)11-3-5-13-6-4-11/h9H,1-8H2. The highest BCUT2D eigenvalue weighted by atomic mass is 32.2. The predicted octanol–water partition coefficient (Wildman–Crippen LogP) is 0.988. The minimum absolute atomic E-state index is 0.300. The van der Waals surface area contributed by atoms with E-state index in [1.54, 1.807) is 0 Å². The molecular formula is C10H17NO2S. The molecule has 2 fully saturated rings. The molecule has 0 aromatic rings. The Morgan fingerprint density at radius 3 is 2.50 bits per heavy atom. The summed E-state index contributed by atoms with van der Waals surface area (Å²) in [5.41, 5.74) is 0. The van der Waals surface area contributed by atoms with E-state index < -0.39 is 0 Å². The molecule has 2 aliphatic heterocycles. The molecule has 80 valence electrons. The molecule has 2 heterocycles. The number of nitrogens with zero attached hydrogens (tertiary/aromatic N) is 1. The lowest BCUT2D eigenvalue weighted by atomic mass is 10.0. The lowest BCUT2D eigenvalue weighted by Gasteiger charge is -2.31. The molecule has 4 heteroatoms. The van der Waals surface area contributed by atoms with Gasteiger partial charge in [0.15, 0.2) is 0 Å². The van der Waals surface area contributed by atoms with Crippen LogP contribution in [-0.2, 0) is 9.53 Å². The zero-order valence-electron chi connectivity index (χ0n) is 8.41. The quantitative estimate of drug-likeness (QED) is 0.653. The minimum atomic E-state index is 0.300. The molecule has 14 heavy (non-hydrogen) atoms. The molecule has 0 spiro atoms. The van der Waals surface area contributed by atoms with Crippen molar-refractivity contribution >= 4 is 17.7 Å². The number of thioether (sulfide) groups is 1. The van der Waals surface area contributed by atoms with Crippen molar-refractivity contribution in [3.63, 3.8) is 0 Å². The van der Waals surface area contributed by atoms with Crippen LogP contribution in [0, 0.1) is 5.92 Å². The van der Waals surface area contributed by atoms with E-state index in [2.05, 4.69) is 0 Å². The Balaban J connectivity index is 1.85. The Bertz CT molecular complexity index is 178. The maximum atomic E-state index is 12.0. The number of ether oxygens (including phenoxy) is 1. The van der Waals surface area contributed by atoms with E-state index in [1.165, 1.54) is 0 Å². The fraction of sp³-hybridized carbons (Fsp3) is 0.900. The first kappa shape index (κ1) is 10.3. The van der Waals surface area contributed by atoms with Gasteiger partial charge in [0, 0.05) is 19.0 Å². The monoisotopic (exact) mass is 215 g/mol. The molecule has 2 rings (SSSR count). The van der Waals surface area contributed by atoms with E-state index >= 15 is 0 Å². The third-order valence-electron chi connectivity index (χ3n) is 2.89. The minimum Gasteiger partial charge on any atom is -0.378 e. The molecule has 0 unspecified atom stereocenters. The average molecular weight is 215 g/mol. The van der Waals surface area contributed by atoms with Crippen molar-refractivity contribution in [2.24, 2.45) is 5.92 Å². The number of hydrogen-bond donors (Lipinski definition) is 0. The van der Waals surface area contributed by atoms with Gasteiger partial charge in [0.2, 0.25) is 5.91 Å². The van der Waals surface area contributed by atoms with Gasteiger partial charge in [-0.25, -0.2) is 0 Å². The van der Waals surface area contributed by atoms with Gasteiger partial charge in [0.1, 0.15) is 0 Å². The summed E-state index contributed by atoms with van der Waals surface area (Å²) in [6.45, 7) is 3.02. The van der Waals surface area contributed by atoms with E-state index in [9.17, 15) is 4.79 Å². The topological polar surface area (TPSA) is 29.5 Å². The third kappa shape index (κ3) is 2.42. The number of morpholine rings is 1. The van der Waals surface area contributed by atoms with Gasteiger partial charge < -0.3 is 9.64 Å². The SMILES string of the molecule is O=C(C1CCSCC1)N1CCOCC1. The Kier molecular flexibility index (Phi) is 3.70. The Hall–Kier alpha value is -0.220. The predicted molar refractivity (Wildman–Crippen MR) is 57.4 cm³/mol. The van der Waals surface area contributed by atoms with Crippen molar-refractivity contribution in [1.29, 1.82) is 0 Å². The van der Waals surface area contributed by atoms with E-state index in [0.717, 1.165) is 37.4 Å². The van der Waals surface area contributed by atoms with Crippen molar-refractivity contribution in [2.75, 3.05) is 37.8 Å². The van der Waals surface area contributed by atoms with Crippen LogP contribution in [0.4, 0.5) is 0 Å². The summed E-state index contributed by atoms with van der Waals surface area (Å²) >= 11 is 1.97. The highest BCUT2D eigenvalue weighted by Gasteiger charge is 2.26. The lowest BCUT2D eigenvalue weighted by molar-refractivity contribution is -0.139. The van der Waals surface area contributed by atoms with Crippen LogP contribution in [0.1, 0.15) is 12.8 Å². The van der Waals surface area contributed by atoms with Crippen molar-refractivity contribution < 1.29 is 9.53 Å². The molecule has 0 radical (unpaired) electrons. The maximum absolute atomic E-state index is 12.0. The van der Waals surface area contributed by atoms with Gasteiger partial charge in [-0.3, -0.25) is 4.79 Å². The fourth-order valence-corrected chi connectivity index (χ4v) is 3.09. The van der Waals surface area contributed by atoms with Gasteiger partial charge >= 0.3 is 0 Å². The summed E-state index contributed by atoms with van der Waals surface area (Å²) < 4.78 is 5.24. The number of carbonyl (C=O) groups is 1. The van der Waals surface area contributed by atoms with Crippen LogP contribution in [-0.4, -0.2) is 48.6 Å². The maximum Gasteiger partial charge on any atom is 0.225 e. The second-order valence-electron chi connectivity index (χ2n) is 3.82. The smallest absolute Gasteiger partial charge is 0.225 e. The number of carbonyl (C=O) groups excluding carboxylic acids is 1. The summed E-state index contributed by atoms with van der Waals surface area (Å²) in [5.74, 6) is 2.98. The van der Waals surface area contributed by atoms with Crippen LogP contribution in [0.25, 0.3) is 0 Å². The van der Waals surface area contributed by atoms with Crippen LogP contribution in [0.15, 0.2) is 0 Å². The Morgan fingerprint density at radius 1 is 1.21 bits per heavy atom. The third-order valence-corrected chi connectivity index (χ3v) is 3.94. The lowest BCUT2D eigenvalue weighted by Crippen LogP contribution is -2.44. The second-order valence-corrected chi connectivity index (χ2v) is 5.05. The summed E-state index contributed by atoms with van der Waals surface area (Å²) in [6.07, 6.45) is 2.14. The van der Waals surface area contributed by atoms with Gasteiger partial charge in [-0.15, -0.1) is 0 Å². The molecular weight excluding hydrogens is 198 g/mol. The van der Waals surface area contributed by atoms with Crippen LogP contribution in [0.5, 0.6) is 0 Å². The van der Waals surface area contributed by atoms with E-state index in [0.29, 0.717) is 25.0 Å². The first-order valence-electron chi connectivity index (χ1n) is 5.32. The average Bonchev–Trinajstić information content (AvgIpc) is 2.30. The molecule has 0 atom stereocenters.